The van der Waals surface area contributed by atoms with E-state index in [0.717, 1.165) is 0 Å². The average molecular weight is 385 g/mol. The number of piperazine rings is 1. The maximum atomic E-state index is 12.9. The van der Waals surface area contributed by atoms with Crippen LogP contribution in [-0.2, 0) is 4.79 Å². The molecule has 0 aliphatic carbocycles. The van der Waals surface area contributed by atoms with Crippen molar-refractivity contribution in [1.29, 1.82) is 0 Å². The molecule has 0 saturated carbocycles. The number of carbonyl (C=O) groups is 4. The van der Waals surface area contributed by atoms with Gasteiger partial charge in [0.2, 0.25) is 5.91 Å². The molecule has 1 aromatic rings. The van der Waals surface area contributed by atoms with Crippen LogP contribution in [0, 0.1) is 5.41 Å². The van der Waals surface area contributed by atoms with Crippen LogP contribution in [0.4, 0.5) is 0 Å². The molecular formula is C21H27N3O4. The van der Waals surface area contributed by atoms with Crippen LogP contribution in [0.1, 0.15) is 65.7 Å². The quantitative estimate of drug-likeness (QED) is 0.730. The lowest BCUT2D eigenvalue weighted by molar-refractivity contribution is -0.140. The molecule has 3 rings (SSSR count). The summed E-state index contributed by atoms with van der Waals surface area (Å²) < 4.78 is 0. The van der Waals surface area contributed by atoms with Crippen molar-refractivity contribution in [2.24, 2.45) is 5.41 Å². The Hall–Kier alpha value is -2.70. The summed E-state index contributed by atoms with van der Waals surface area (Å²) in [5.41, 5.74) is 0.574. The normalized spacial score (nSPS) is 17.4. The second kappa shape index (κ2) is 7.04. The molecule has 1 aromatic carbocycles. The number of rotatable bonds is 2. The smallest absolute Gasteiger partial charge is 0.261 e. The largest absolute Gasteiger partial charge is 0.339 e. The van der Waals surface area contributed by atoms with Crippen molar-refractivity contribution in [2.45, 2.75) is 40.7 Å². The number of benzene rings is 1. The van der Waals surface area contributed by atoms with E-state index in [-0.39, 0.29) is 35.2 Å². The van der Waals surface area contributed by atoms with E-state index in [1.807, 2.05) is 20.8 Å². The minimum Gasteiger partial charge on any atom is -0.339 e. The van der Waals surface area contributed by atoms with Crippen LogP contribution in [0.2, 0.25) is 0 Å². The van der Waals surface area contributed by atoms with Gasteiger partial charge in [-0.25, -0.2) is 0 Å². The first-order chi connectivity index (χ1) is 13.0. The van der Waals surface area contributed by atoms with Crippen molar-refractivity contribution >= 4 is 23.6 Å². The molecule has 0 radical (unpaired) electrons. The molecule has 0 spiro atoms. The minimum absolute atomic E-state index is 0.0787. The van der Waals surface area contributed by atoms with Crippen LogP contribution < -0.4 is 0 Å². The number of imide groups is 1. The van der Waals surface area contributed by atoms with Gasteiger partial charge in [-0.3, -0.25) is 24.1 Å². The van der Waals surface area contributed by atoms with Crippen molar-refractivity contribution in [3.8, 4) is 0 Å². The van der Waals surface area contributed by atoms with E-state index >= 15 is 0 Å². The second-order valence-electron chi connectivity index (χ2n) is 8.67. The van der Waals surface area contributed by atoms with Gasteiger partial charge in [0.1, 0.15) is 0 Å². The fourth-order valence-electron chi connectivity index (χ4n) is 3.63. The molecule has 2 aliphatic rings. The Morgan fingerprint density at radius 2 is 1.43 bits per heavy atom. The number of carbonyl (C=O) groups excluding carboxylic acids is 4. The summed E-state index contributed by atoms with van der Waals surface area (Å²) in [4.78, 5) is 54.9. The van der Waals surface area contributed by atoms with E-state index in [2.05, 4.69) is 0 Å². The van der Waals surface area contributed by atoms with Crippen molar-refractivity contribution < 1.29 is 19.2 Å². The van der Waals surface area contributed by atoms with Gasteiger partial charge in [0.15, 0.2) is 0 Å². The summed E-state index contributed by atoms with van der Waals surface area (Å²) >= 11 is 0. The lowest BCUT2D eigenvalue weighted by atomic mass is 9.94. The van der Waals surface area contributed by atoms with Crippen LogP contribution in [0.5, 0.6) is 0 Å². The zero-order valence-corrected chi connectivity index (χ0v) is 17.1. The van der Waals surface area contributed by atoms with Gasteiger partial charge in [0.25, 0.3) is 17.7 Å². The predicted octanol–water partition coefficient (Wildman–Crippen LogP) is 2.02. The van der Waals surface area contributed by atoms with Gasteiger partial charge >= 0.3 is 0 Å². The molecule has 0 N–H and O–H groups in total. The van der Waals surface area contributed by atoms with E-state index in [4.69, 9.17) is 0 Å². The number of fused-ring (bicyclic) bond motifs is 1. The highest BCUT2D eigenvalue weighted by atomic mass is 16.2. The lowest BCUT2D eigenvalue weighted by Gasteiger charge is -2.37. The van der Waals surface area contributed by atoms with Crippen molar-refractivity contribution in [2.75, 3.05) is 26.2 Å². The zero-order chi connectivity index (χ0) is 20.8. The molecule has 1 saturated heterocycles. The highest BCUT2D eigenvalue weighted by Gasteiger charge is 2.38. The minimum atomic E-state index is -0.443. The highest BCUT2D eigenvalue weighted by molar-refractivity contribution is 6.22. The first kappa shape index (κ1) is 20.0. The van der Waals surface area contributed by atoms with E-state index < -0.39 is 5.41 Å². The number of hydrogen-bond donors (Lipinski definition) is 0. The average Bonchev–Trinajstić information content (AvgIpc) is 2.90. The van der Waals surface area contributed by atoms with Gasteiger partial charge < -0.3 is 9.80 Å². The second-order valence-corrected chi connectivity index (χ2v) is 8.67. The Balaban J connectivity index is 1.73. The fraction of sp³-hybridized carbons (Fsp3) is 0.524. The number of nitrogens with zero attached hydrogens (tertiary/aromatic N) is 3. The summed E-state index contributed by atoms with van der Waals surface area (Å²) in [5.74, 6) is -0.780. The molecule has 7 heteroatoms. The molecule has 0 aromatic heterocycles. The SMILES string of the molecule is CC(C)N1C(=O)c2ccc(C(=O)N3CCN(C(=O)C(C)(C)C)CC3)cc2C1=O. The first-order valence-electron chi connectivity index (χ1n) is 9.63. The molecular weight excluding hydrogens is 358 g/mol. The molecule has 28 heavy (non-hydrogen) atoms. The monoisotopic (exact) mass is 385 g/mol. The lowest BCUT2D eigenvalue weighted by Crippen LogP contribution is -2.53. The third-order valence-corrected chi connectivity index (χ3v) is 5.18. The fourth-order valence-corrected chi connectivity index (χ4v) is 3.63. The maximum Gasteiger partial charge on any atom is 0.261 e. The van der Waals surface area contributed by atoms with E-state index in [9.17, 15) is 19.2 Å². The van der Waals surface area contributed by atoms with Crippen molar-refractivity contribution in [3.05, 3.63) is 34.9 Å². The number of hydrogen-bond acceptors (Lipinski definition) is 4. The predicted molar refractivity (Wildman–Crippen MR) is 104 cm³/mol. The molecule has 4 amide bonds. The molecule has 2 aliphatic heterocycles. The standard InChI is InChI=1S/C21H27N3O4/c1-13(2)24-18(26)15-7-6-14(12-16(15)19(24)27)17(25)22-8-10-23(11-9-22)20(28)21(3,4)5/h6-7,12-13H,8-11H2,1-5H3. The van der Waals surface area contributed by atoms with Gasteiger partial charge in [-0.15, -0.1) is 0 Å². The maximum absolute atomic E-state index is 12.9. The van der Waals surface area contributed by atoms with Crippen molar-refractivity contribution in [3.63, 3.8) is 0 Å². The van der Waals surface area contributed by atoms with Crippen LogP contribution in [-0.4, -0.2) is 70.5 Å². The molecule has 0 bridgehead atoms. The Kier molecular flexibility index (Phi) is 5.04. The summed E-state index contributed by atoms with van der Waals surface area (Å²) in [6, 6.07) is 4.44. The van der Waals surface area contributed by atoms with Crippen LogP contribution in [0.3, 0.4) is 0 Å². The zero-order valence-electron chi connectivity index (χ0n) is 17.1. The van der Waals surface area contributed by atoms with Gasteiger partial charge in [-0.05, 0) is 32.0 Å². The summed E-state index contributed by atoms with van der Waals surface area (Å²) in [5, 5.41) is 0. The van der Waals surface area contributed by atoms with Gasteiger partial charge in [0.05, 0.1) is 11.1 Å². The molecule has 7 nitrogen and oxygen atoms in total. The van der Waals surface area contributed by atoms with Crippen LogP contribution in [0.25, 0.3) is 0 Å². The first-order valence-corrected chi connectivity index (χ1v) is 9.63. The van der Waals surface area contributed by atoms with Gasteiger partial charge in [-0.1, -0.05) is 20.8 Å². The summed E-state index contributed by atoms with van der Waals surface area (Å²) in [6.07, 6.45) is 0. The van der Waals surface area contributed by atoms with Gasteiger partial charge in [-0.2, -0.15) is 0 Å². The molecule has 0 atom stereocenters. The summed E-state index contributed by atoms with van der Waals surface area (Å²) in [6.45, 7) is 11.1. The molecule has 2 heterocycles. The Bertz CT molecular complexity index is 846. The Morgan fingerprint density at radius 3 is 1.96 bits per heavy atom. The van der Waals surface area contributed by atoms with Crippen LogP contribution in [0.15, 0.2) is 18.2 Å². The van der Waals surface area contributed by atoms with Crippen molar-refractivity contribution in [1.82, 2.24) is 14.7 Å². The van der Waals surface area contributed by atoms with Gasteiger partial charge in [0, 0.05) is 43.2 Å². The highest BCUT2D eigenvalue weighted by Crippen LogP contribution is 2.26. The third kappa shape index (κ3) is 3.41. The van der Waals surface area contributed by atoms with E-state index in [1.165, 1.54) is 11.0 Å². The van der Waals surface area contributed by atoms with E-state index in [1.54, 1.807) is 35.8 Å². The Morgan fingerprint density at radius 1 is 0.893 bits per heavy atom. The summed E-state index contributed by atoms with van der Waals surface area (Å²) in [7, 11) is 0. The number of amides is 4. The molecule has 150 valence electrons. The molecule has 1 fully saturated rings. The Labute approximate surface area is 165 Å². The van der Waals surface area contributed by atoms with Crippen LogP contribution >= 0.6 is 0 Å². The molecule has 0 unspecified atom stereocenters. The van der Waals surface area contributed by atoms with E-state index in [0.29, 0.717) is 37.3 Å². The third-order valence-electron chi connectivity index (χ3n) is 5.18. The topological polar surface area (TPSA) is 78.0 Å².